The Hall–Kier alpha value is -0.0600. The van der Waals surface area contributed by atoms with Gasteiger partial charge in [-0.2, -0.15) is 24.9 Å². The van der Waals surface area contributed by atoms with E-state index < -0.39 is 38.8 Å². The van der Waals surface area contributed by atoms with Crippen LogP contribution in [0.25, 0.3) is 0 Å². The van der Waals surface area contributed by atoms with E-state index in [1.54, 1.807) is 0 Å². The van der Waals surface area contributed by atoms with Gasteiger partial charge in [-0.05, 0) is 0 Å². The summed E-state index contributed by atoms with van der Waals surface area (Å²) in [5.74, 6) is -1.12. The molecule has 0 aromatic rings. The number of nitrogens with zero attached hydrogens (tertiary/aromatic N) is 1. The average Bonchev–Trinajstić information content (AvgIpc) is 2.23. The van der Waals surface area contributed by atoms with Gasteiger partial charge in [0.2, 0.25) is 0 Å². The van der Waals surface area contributed by atoms with Crippen molar-refractivity contribution in [1.82, 2.24) is 4.90 Å². The van der Waals surface area contributed by atoms with Gasteiger partial charge in [0.25, 0.3) is 0 Å². The molecule has 2 N–H and O–H groups in total. The lowest BCUT2D eigenvalue weighted by Crippen LogP contribution is -2.52. The number of nitrogens with two attached hydrogens (primary N) is 1. The van der Waals surface area contributed by atoms with Crippen molar-refractivity contribution < 1.29 is 21.6 Å². The van der Waals surface area contributed by atoms with Crippen LogP contribution in [0.2, 0.25) is 0 Å². The zero-order chi connectivity index (χ0) is 14.8. The first kappa shape index (κ1) is 17.0. The van der Waals surface area contributed by atoms with Gasteiger partial charge in [0.1, 0.15) is 11.3 Å². The van der Waals surface area contributed by atoms with Gasteiger partial charge in [0, 0.05) is 30.9 Å². The second kappa shape index (κ2) is 6.15. The maximum atomic E-state index is 12.8. The molecule has 10 heteroatoms. The molecule has 4 nitrogen and oxygen atoms in total. The fraction of sp³-hybridized carbons (Fsp3) is 0.889. The molecule has 0 aliphatic carbocycles. The lowest BCUT2D eigenvalue weighted by atomic mass is 10.1. The van der Waals surface area contributed by atoms with Gasteiger partial charge >= 0.3 is 6.18 Å². The lowest BCUT2D eigenvalue weighted by molar-refractivity contribution is -0.159. The first-order valence-electron chi connectivity index (χ1n) is 5.40. The molecule has 0 bridgehead atoms. The van der Waals surface area contributed by atoms with E-state index in [2.05, 4.69) is 12.2 Å². The number of sulfone groups is 1. The van der Waals surface area contributed by atoms with Gasteiger partial charge in [0.15, 0.2) is 9.84 Å². The molecule has 0 aromatic carbocycles. The second-order valence-electron chi connectivity index (χ2n) is 4.35. The minimum atomic E-state index is -4.56. The van der Waals surface area contributed by atoms with Gasteiger partial charge in [-0.1, -0.05) is 12.2 Å². The average molecular weight is 336 g/mol. The number of thioether (sulfide) groups is 1. The molecule has 0 spiro atoms. The third-order valence-electron chi connectivity index (χ3n) is 2.84. The van der Waals surface area contributed by atoms with Crippen molar-refractivity contribution in [1.29, 1.82) is 0 Å². The number of rotatable bonds is 4. The summed E-state index contributed by atoms with van der Waals surface area (Å²) in [6.45, 7) is -0.227. The first-order valence-corrected chi connectivity index (χ1v) is 8.92. The van der Waals surface area contributed by atoms with E-state index in [4.69, 9.17) is 5.73 Å². The molecule has 19 heavy (non-hydrogen) atoms. The Morgan fingerprint density at radius 1 is 1.58 bits per heavy atom. The molecule has 1 aliphatic rings. The zero-order valence-electron chi connectivity index (χ0n) is 10.2. The third kappa shape index (κ3) is 4.76. The van der Waals surface area contributed by atoms with Crippen molar-refractivity contribution in [3.05, 3.63) is 0 Å². The molecule has 0 amide bonds. The van der Waals surface area contributed by atoms with Crippen LogP contribution < -0.4 is 5.73 Å². The molecule has 1 rings (SSSR count). The quantitative estimate of drug-likeness (QED) is 0.769. The van der Waals surface area contributed by atoms with Crippen LogP contribution in [0.1, 0.15) is 0 Å². The summed E-state index contributed by atoms with van der Waals surface area (Å²) >= 11 is 5.85. The molecule has 1 saturated heterocycles. The normalized spacial score (nSPS) is 24.1. The van der Waals surface area contributed by atoms with Crippen LogP contribution in [0.5, 0.6) is 0 Å². The van der Waals surface area contributed by atoms with Crippen LogP contribution in [0.3, 0.4) is 0 Å². The van der Waals surface area contributed by atoms with E-state index in [-0.39, 0.29) is 12.3 Å². The van der Waals surface area contributed by atoms with Crippen molar-refractivity contribution in [3.8, 4) is 0 Å². The Balaban J connectivity index is 2.90. The summed E-state index contributed by atoms with van der Waals surface area (Å²) in [6, 6.07) is 0. The summed E-state index contributed by atoms with van der Waals surface area (Å²) in [4.78, 5) is 0.654. The Bertz CT molecular complexity index is 438. The van der Waals surface area contributed by atoms with E-state index in [1.807, 2.05) is 0 Å². The highest BCUT2D eigenvalue weighted by atomic mass is 32.2. The Morgan fingerprint density at radius 2 is 2.16 bits per heavy atom. The molecule has 0 radical (unpaired) electrons. The zero-order valence-corrected chi connectivity index (χ0v) is 12.6. The molecule has 1 aliphatic heterocycles. The van der Waals surface area contributed by atoms with Crippen LogP contribution >= 0.6 is 24.0 Å². The summed E-state index contributed by atoms with van der Waals surface area (Å²) in [7, 11) is -3.44. The molecular formula is C9H15F3N2O2S3. The lowest BCUT2D eigenvalue weighted by Gasteiger charge is -2.36. The smallest absolute Gasteiger partial charge is 0.393 e. The van der Waals surface area contributed by atoms with E-state index in [0.717, 1.165) is 6.26 Å². The van der Waals surface area contributed by atoms with Crippen molar-refractivity contribution in [2.45, 2.75) is 11.6 Å². The Labute approximate surface area is 119 Å². The van der Waals surface area contributed by atoms with Gasteiger partial charge in [-0.3, -0.25) is 4.90 Å². The van der Waals surface area contributed by atoms with Crippen LogP contribution in [-0.4, -0.2) is 60.7 Å². The standard InChI is InChI=1S/C9H15F3N2O2S3/c1-19(15,16)7-5-18-3-2-14(7)4-6(8(13)17)9(10,11)12/h6-7H,2-5H2,1H3,(H2,13,17). The summed E-state index contributed by atoms with van der Waals surface area (Å²) in [5.41, 5.74) is 5.12. The summed E-state index contributed by atoms with van der Waals surface area (Å²) in [5, 5.41) is -0.912. The van der Waals surface area contributed by atoms with Crippen molar-refractivity contribution in [2.24, 2.45) is 11.7 Å². The minimum Gasteiger partial charge on any atom is -0.393 e. The number of thiocarbonyl (C=S) groups is 1. The fourth-order valence-electron chi connectivity index (χ4n) is 1.81. The number of halogens is 3. The predicted molar refractivity (Wildman–Crippen MR) is 73.9 cm³/mol. The molecule has 0 saturated carbocycles. The van der Waals surface area contributed by atoms with Crippen LogP contribution in [0.15, 0.2) is 0 Å². The predicted octanol–water partition coefficient (Wildman–Crippen LogP) is 0.871. The highest BCUT2D eigenvalue weighted by Crippen LogP contribution is 2.30. The maximum Gasteiger partial charge on any atom is 0.399 e. The van der Waals surface area contributed by atoms with E-state index in [1.165, 1.54) is 16.7 Å². The second-order valence-corrected chi connectivity index (χ2v) is 8.18. The molecule has 0 aromatic heterocycles. The van der Waals surface area contributed by atoms with Crippen LogP contribution in [0.4, 0.5) is 13.2 Å². The van der Waals surface area contributed by atoms with Gasteiger partial charge in [-0.15, -0.1) is 0 Å². The third-order valence-corrected chi connectivity index (χ3v) is 5.81. The van der Waals surface area contributed by atoms with Crippen LogP contribution in [-0.2, 0) is 9.84 Å². The molecule has 1 fully saturated rings. The van der Waals surface area contributed by atoms with Gasteiger partial charge in [0.05, 0.1) is 4.99 Å². The monoisotopic (exact) mass is 336 g/mol. The summed E-state index contributed by atoms with van der Waals surface area (Å²) < 4.78 is 61.6. The Morgan fingerprint density at radius 3 is 2.58 bits per heavy atom. The molecule has 2 atom stereocenters. The largest absolute Gasteiger partial charge is 0.399 e. The summed E-state index contributed by atoms with van der Waals surface area (Å²) in [6.07, 6.45) is -3.53. The highest BCUT2D eigenvalue weighted by molar-refractivity contribution is 8.00. The fourth-order valence-corrected chi connectivity index (χ4v) is 4.97. The van der Waals surface area contributed by atoms with Crippen molar-refractivity contribution in [3.63, 3.8) is 0 Å². The first-order chi connectivity index (χ1) is 8.53. The van der Waals surface area contributed by atoms with Gasteiger partial charge < -0.3 is 5.73 Å². The SMILES string of the molecule is CS(=O)(=O)C1CSCCN1CC(C(N)=S)C(F)(F)F. The number of hydrogen-bond acceptors (Lipinski definition) is 5. The van der Waals surface area contributed by atoms with Crippen LogP contribution in [0, 0.1) is 5.92 Å². The molecule has 1 heterocycles. The van der Waals surface area contributed by atoms with Crippen molar-refractivity contribution >= 4 is 38.8 Å². The Kier molecular flexibility index (Phi) is 5.50. The maximum absolute atomic E-state index is 12.8. The highest BCUT2D eigenvalue weighted by Gasteiger charge is 2.44. The molecule has 2 unspecified atom stereocenters. The van der Waals surface area contributed by atoms with E-state index >= 15 is 0 Å². The minimum absolute atomic E-state index is 0.265. The molecule has 112 valence electrons. The van der Waals surface area contributed by atoms with Crippen molar-refractivity contribution in [2.75, 3.05) is 30.9 Å². The topological polar surface area (TPSA) is 63.4 Å². The number of alkyl halides is 3. The van der Waals surface area contributed by atoms with E-state index in [0.29, 0.717) is 5.75 Å². The molecular weight excluding hydrogens is 321 g/mol. The van der Waals surface area contributed by atoms with E-state index in [9.17, 15) is 21.6 Å². The van der Waals surface area contributed by atoms with Gasteiger partial charge in [-0.25, -0.2) is 8.42 Å². The number of hydrogen-bond donors (Lipinski definition) is 1.